The van der Waals surface area contributed by atoms with Crippen molar-refractivity contribution in [1.82, 2.24) is 9.80 Å². The lowest BCUT2D eigenvalue weighted by molar-refractivity contribution is -0.131. The van der Waals surface area contributed by atoms with Crippen molar-refractivity contribution < 1.29 is 9.59 Å². The maximum Gasteiger partial charge on any atom is 0.254 e. The maximum absolute atomic E-state index is 12.4. The number of likely N-dealkylation sites (N-methyl/N-ethyl adjacent to an activating group) is 2. The number of nitrogens with one attached hydrogen (secondary N) is 1. The van der Waals surface area contributed by atoms with Crippen LogP contribution >= 0.6 is 12.4 Å². The Morgan fingerprint density at radius 2 is 1.91 bits per heavy atom. The van der Waals surface area contributed by atoms with E-state index < -0.39 is 0 Å². The molecule has 2 amide bonds. The molecule has 0 aromatic heterocycles. The Kier molecular flexibility index (Phi) is 6.68. The number of nitrogens with zero attached hydrogens (tertiary/aromatic N) is 2. The van der Waals surface area contributed by atoms with Crippen molar-refractivity contribution in [3.63, 3.8) is 0 Å². The number of hydrogen-bond donors (Lipinski definition) is 1. The summed E-state index contributed by atoms with van der Waals surface area (Å²) in [5.74, 6) is -0.121. The molecule has 0 aliphatic carbocycles. The number of hydrogen-bond acceptors (Lipinski definition) is 3. The molecule has 2 rings (SSSR count). The van der Waals surface area contributed by atoms with Crippen LogP contribution in [-0.2, 0) is 11.2 Å². The van der Waals surface area contributed by atoms with Crippen LogP contribution in [0.4, 0.5) is 5.69 Å². The van der Waals surface area contributed by atoms with E-state index in [9.17, 15) is 9.59 Å². The highest BCUT2D eigenvalue weighted by atomic mass is 35.5. The molecule has 5 nitrogen and oxygen atoms in total. The lowest BCUT2D eigenvalue weighted by Gasteiger charge is -2.23. The molecular weight excluding hydrogens is 302 g/mol. The van der Waals surface area contributed by atoms with Crippen molar-refractivity contribution in [2.75, 3.05) is 38.5 Å². The molecule has 1 N–H and O–H groups in total. The van der Waals surface area contributed by atoms with Gasteiger partial charge < -0.3 is 15.1 Å². The van der Waals surface area contributed by atoms with Gasteiger partial charge >= 0.3 is 0 Å². The molecule has 0 radical (unpaired) electrons. The van der Waals surface area contributed by atoms with Crippen molar-refractivity contribution in [2.45, 2.75) is 20.3 Å². The zero-order valence-corrected chi connectivity index (χ0v) is 14.2. The lowest BCUT2D eigenvalue weighted by Crippen LogP contribution is -2.41. The first kappa shape index (κ1) is 18.3. The van der Waals surface area contributed by atoms with Crippen molar-refractivity contribution >= 4 is 29.9 Å². The van der Waals surface area contributed by atoms with E-state index in [1.54, 1.807) is 11.9 Å². The Balaban J connectivity index is 0.00000242. The Morgan fingerprint density at radius 1 is 1.23 bits per heavy atom. The molecule has 1 aromatic rings. The second-order valence-electron chi connectivity index (χ2n) is 5.28. The van der Waals surface area contributed by atoms with Gasteiger partial charge in [-0.25, -0.2) is 0 Å². The predicted molar refractivity (Wildman–Crippen MR) is 90.8 cm³/mol. The Bertz CT molecular complexity index is 544. The number of anilines is 1. The van der Waals surface area contributed by atoms with Gasteiger partial charge in [0.2, 0.25) is 5.91 Å². The van der Waals surface area contributed by atoms with Crippen LogP contribution in [0.5, 0.6) is 0 Å². The van der Waals surface area contributed by atoms with Gasteiger partial charge in [-0.15, -0.1) is 12.4 Å². The molecule has 6 heteroatoms. The molecule has 0 atom stereocenters. The van der Waals surface area contributed by atoms with Gasteiger partial charge in [-0.3, -0.25) is 9.59 Å². The molecular formula is C16H24ClN3O2. The summed E-state index contributed by atoms with van der Waals surface area (Å²) in [6, 6.07) is 5.68. The molecule has 1 aliphatic rings. The zero-order chi connectivity index (χ0) is 15.4. The third-order valence-electron chi connectivity index (χ3n) is 3.90. The molecule has 0 spiro atoms. The molecule has 0 saturated heterocycles. The molecule has 0 unspecified atom stereocenters. The highest BCUT2D eigenvalue weighted by molar-refractivity contribution is 5.97. The summed E-state index contributed by atoms with van der Waals surface area (Å²) >= 11 is 0. The van der Waals surface area contributed by atoms with E-state index in [-0.39, 0.29) is 30.8 Å². The third kappa shape index (κ3) is 3.91. The van der Waals surface area contributed by atoms with Crippen molar-refractivity contribution in [2.24, 2.45) is 0 Å². The van der Waals surface area contributed by atoms with Crippen LogP contribution in [-0.4, -0.2) is 54.8 Å². The van der Waals surface area contributed by atoms with Gasteiger partial charge in [0.25, 0.3) is 5.91 Å². The maximum atomic E-state index is 12.4. The van der Waals surface area contributed by atoms with Crippen LogP contribution in [0.2, 0.25) is 0 Å². The van der Waals surface area contributed by atoms with E-state index in [0.29, 0.717) is 18.7 Å². The van der Waals surface area contributed by atoms with Crippen molar-refractivity contribution in [1.29, 1.82) is 0 Å². The fourth-order valence-corrected chi connectivity index (χ4v) is 2.61. The quantitative estimate of drug-likeness (QED) is 0.901. The van der Waals surface area contributed by atoms with E-state index in [4.69, 9.17) is 0 Å². The van der Waals surface area contributed by atoms with E-state index >= 15 is 0 Å². The first-order valence-corrected chi connectivity index (χ1v) is 7.46. The van der Waals surface area contributed by atoms with Crippen molar-refractivity contribution in [3.05, 3.63) is 29.3 Å². The fraction of sp³-hybridized carbons (Fsp3) is 0.500. The zero-order valence-electron chi connectivity index (χ0n) is 13.4. The highest BCUT2D eigenvalue weighted by Gasteiger charge is 2.19. The number of carbonyl (C=O) groups is 2. The molecule has 1 heterocycles. The highest BCUT2D eigenvalue weighted by Crippen LogP contribution is 2.23. The topological polar surface area (TPSA) is 52.7 Å². The minimum Gasteiger partial charge on any atom is -0.384 e. The van der Waals surface area contributed by atoms with Crippen LogP contribution < -0.4 is 5.32 Å². The second kappa shape index (κ2) is 8.03. The first-order chi connectivity index (χ1) is 10.1. The van der Waals surface area contributed by atoms with Gasteiger partial charge in [0.15, 0.2) is 0 Å². The van der Waals surface area contributed by atoms with Crippen LogP contribution in [0.25, 0.3) is 0 Å². The molecule has 122 valence electrons. The second-order valence-corrected chi connectivity index (χ2v) is 5.28. The van der Waals surface area contributed by atoms with Crippen LogP contribution in [0.3, 0.4) is 0 Å². The van der Waals surface area contributed by atoms with Crippen LogP contribution in [0.15, 0.2) is 18.2 Å². The summed E-state index contributed by atoms with van der Waals surface area (Å²) in [7, 11) is 1.68. The summed E-state index contributed by atoms with van der Waals surface area (Å²) in [6.45, 7) is 6.26. The smallest absolute Gasteiger partial charge is 0.254 e. The van der Waals surface area contributed by atoms with Gasteiger partial charge in [0, 0.05) is 37.9 Å². The molecule has 0 bridgehead atoms. The monoisotopic (exact) mass is 325 g/mol. The molecule has 0 fully saturated rings. The number of carbonyl (C=O) groups excluding carboxylic acids is 2. The van der Waals surface area contributed by atoms with E-state index in [0.717, 1.165) is 18.7 Å². The van der Waals surface area contributed by atoms with E-state index in [1.165, 1.54) is 10.5 Å². The Labute approximate surface area is 138 Å². The molecule has 0 saturated carbocycles. The Morgan fingerprint density at radius 3 is 2.55 bits per heavy atom. The van der Waals surface area contributed by atoms with E-state index in [2.05, 4.69) is 5.32 Å². The van der Waals surface area contributed by atoms with Crippen LogP contribution in [0.1, 0.15) is 29.8 Å². The normalized spacial score (nSPS) is 12.0. The number of amides is 2. The minimum atomic E-state index is -0.106. The average molecular weight is 326 g/mol. The standard InChI is InChI=1S/C16H23N3O2.ClH/c1-4-19(5-2)15(20)11-18(3)16(21)13-6-7-14-12(10-13)8-9-17-14;/h6-7,10,17H,4-5,8-9,11H2,1-3H3;1H. The summed E-state index contributed by atoms with van der Waals surface area (Å²) < 4.78 is 0. The minimum absolute atomic E-state index is 0. The molecule has 1 aliphatic heterocycles. The van der Waals surface area contributed by atoms with Gasteiger partial charge in [-0.05, 0) is 44.0 Å². The van der Waals surface area contributed by atoms with Crippen LogP contribution in [0, 0.1) is 0 Å². The number of halogens is 1. The summed E-state index contributed by atoms with van der Waals surface area (Å²) in [5.41, 5.74) is 2.92. The summed E-state index contributed by atoms with van der Waals surface area (Å²) in [6.07, 6.45) is 0.943. The van der Waals surface area contributed by atoms with Gasteiger partial charge in [-0.1, -0.05) is 0 Å². The summed E-state index contributed by atoms with van der Waals surface area (Å²) in [4.78, 5) is 27.7. The number of rotatable bonds is 5. The van der Waals surface area contributed by atoms with E-state index in [1.807, 2.05) is 32.0 Å². The van der Waals surface area contributed by atoms with Crippen molar-refractivity contribution in [3.8, 4) is 0 Å². The Hall–Kier alpha value is -1.75. The van der Waals surface area contributed by atoms with Gasteiger partial charge in [0.05, 0.1) is 6.54 Å². The SMILES string of the molecule is CCN(CC)C(=O)CN(C)C(=O)c1ccc2c(c1)CCN2.Cl. The predicted octanol–water partition coefficient (Wildman–Crippen LogP) is 2.02. The largest absolute Gasteiger partial charge is 0.384 e. The fourth-order valence-electron chi connectivity index (χ4n) is 2.61. The van der Waals surface area contributed by atoms with Gasteiger partial charge in [-0.2, -0.15) is 0 Å². The number of benzene rings is 1. The van der Waals surface area contributed by atoms with Gasteiger partial charge in [0.1, 0.15) is 0 Å². The third-order valence-corrected chi connectivity index (χ3v) is 3.90. The molecule has 1 aromatic carbocycles. The molecule has 22 heavy (non-hydrogen) atoms. The summed E-state index contributed by atoms with van der Waals surface area (Å²) in [5, 5.41) is 3.27. The first-order valence-electron chi connectivity index (χ1n) is 7.46. The number of fused-ring (bicyclic) bond motifs is 1. The lowest BCUT2D eigenvalue weighted by atomic mass is 10.1. The average Bonchev–Trinajstić information content (AvgIpc) is 2.94.